The van der Waals surface area contributed by atoms with E-state index in [9.17, 15) is 14.3 Å². The molecule has 0 radical (unpaired) electrons. The zero-order valence-corrected chi connectivity index (χ0v) is 15.7. The van der Waals surface area contributed by atoms with E-state index in [1.54, 1.807) is 6.07 Å². The van der Waals surface area contributed by atoms with Crippen molar-refractivity contribution in [3.63, 3.8) is 0 Å². The Morgan fingerprint density at radius 2 is 2.26 bits per heavy atom. The highest BCUT2D eigenvalue weighted by Gasteiger charge is 2.21. The van der Waals surface area contributed by atoms with Gasteiger partial charge in [0.1, 0.15) is 5.82 Å². The Hall–Kier alpha value is -2.03. The van der Waals surface area contributed by atoms with Crippen molar-refractivity contribution in [2.75, 3.05) is 26.2 Å². The summed E-state index contributed by atoms with van der Waals surface area (Å²) < 4.78 is 14.6. The maximum absolute atomic E-state index is 13.1. The van der Waals surface area contributed by atoms with E-state index in [1.807, 2.05) is 0 Å². The Bertz CT molecular complexity index is 785. The van der Waals surface area contributed by atoms with E-state index >= 15 is 0 Å². The third kappa shape index (κ3) is 5.24. The van der Waals surface area contributed by atoms with Gasteiger partial charge in [-0.2, -0.15) is 0 Å². The molecule has 0 unspecified atom stereocenters. The number of aliphatic hydroxyl groups excluding tert-OH is 1. The fourth-order valence-corrected chi connectivity index (χ4v) is 3.50. The van der Waals surface area contributed by atoms with Crippen molar-refractivity contribution in [3.8, 4) is 0 Å². The number of aliphatic hydroxyl groups is 1. The van der Waals surface area contributed by atoms with Gasteiger partial charge in [-0.1, -0.05) is 29.3 Å². The van der Waals surface area contributed by atoms with Gasteiger partial charge >= 0.3 is 0 Å². The van der Waals surface area contributed by atoms with Gasteiger partial charge in [-0.05, 0) is 37.1 Å². The lowest BCUT2D eigenvalue weighted by Crippen LogP contribution is -2.45. The van der Waals surface area contributed by atoms with Crippen LogP contribution in [0.15, 0.2) is 24.4 Å². The molecule has 0 bridgehead atoms. The lowest BCUT2D eigenvalue weighted by molar-refractivity contribution is 0.0847. The summed E-state index contributed by atoms with van der Waals surface area (Å²) in [6, 6.07) is 4.32. The predicted octanol–water partition coefficient (Wildman–Crippen LogP) is 1.70. The quantitative estimate of drug-likeness (QED) is 0.745. The third-order valence-corrected chi connectivity index (χ3v) is 5.11. The summed E-state index contributed by atoms with van der Waals surface area (Å²) >= 11 is 6.01. The molecule has 2 heterocycles. The number of nitrogens with zero attached hydrogens (tertiary/aromatic N) is 4. The van der Waals surface area contributed by atoms with Gasteiger partial charge in [0.05, 0.1) is 19.3 Å². The lowest BCUT2D eigenvalue weighted by Gasteiger charge is -2.34. The van der Waals surface area contributed by atoms with Crippen LogP contribution in [0.4, 0.5) is 4.39 Å². The van der Waals surface area contributed by atoms with Crippen molar-refractivity contribution in [2.45, 2.75) is 31.8 Å². The van der Waals surface area contributed by atoms with Crippen LogP contribution in [-0.2, 0) is 6.54 Å². The molecule has 0 saturated carbocycles. The van der Waals surface area contributed by atoms with Crippen molar-refractivity contribution in [1.29, 1.82) is 0 Å². The predicted molar refractivity (Wildman–Crippen MR) is 99.2 cm³/mol. The van der Waals surface area contributed by atoms with Crippen LogP contribution in [0.2, 0.25) is 5.02 Å². The van der Waals surface area contributed by atoms with Gasteiger partial charge in [0.25, 0.3) is 5.91 Å². The van der Waals surface area contributed by atoms with E-state index < -0.39 is 5.82 Å². The molecule has 1 amide bonds. The first-order valence-electron chi connectivity index (χ1n) is 9.04. The molecule has 9 heteroatoms. The minimum Gasteiger partial charge on any atom is -0.395 e. The first-order valence-corrected chi connectivity index (χ1v) is 9.42. The van der Waals surface area contributed by atoms with E-state index in [2.05, 4.69) is 20.5 Å². The van der Waals surface area contributed by atoms with Crippen LogP contribution in [0.5, 0.6) is 0 Å². The number of hydrogen-bond donors (Lipinski definition) is 2. The highest BCUT2D eigenvalue weighted by Crippen LogP contribution is 2.18. The Morgan fingerprint density at radius 1 is 1.41 bits per heavy atom. The molecule has 1 saturated heterocycles. The number of amides is 1. The summed E-state index contributed by atoms with van der Waals surface area (Å²) in [6.07, 6.45) is 4.77. The average molecular weight is 396 g/mol. The molecule has 0 aliphatic carbocycles. The number of aromatic nitrogens is 3. The van der Waals surface area contributed by atoms with Crippen LogP contribution in [0.3, 0.4) is 0 Å². The Balaban J connectivity index is 1.51. The number of benzene rings is 1. The molecule has 0 spiro atoms. The molecule has 2 aromatic rings. The molecule has 1 fully saturated rings. The van der Waals surface area contributed by atoms with Gasteiger partial charge < -0.3 is 10.4 Å². The Morgan fingerprint density at radius 3 is 3.04 bits per heavy atom. The average Bonchev–Trinajstić information content (AvgIpc) is 3.13. The lowest BCUT2D eigenvalue weighted by atomic mass is 10.0. The van der Waals surface area contributed by atoms with Crippen LogP contribution in [0.25, 0.3) is 0 Å². The van der Waals surface area contributed by atoms with Gasteiger partial charge in [-0.25, -0.2) is 9.07 Å². The highest BCUT2D eigenvalue weighted by atomic mass is 35.5. The summed E-state index contributed by atoms with van der Waals surface area (Å²) in [5, 5.41) is 20.4. The van der Waals surface area contributed by atoms with Gasteiger partial charge in [0.15, 0.2) is 5.69 Å². The molecule has 1 aromatic carbocycles. The minimum atomic E-state index is -0.403. The molecule has 27 heavy (non-hydrogen) atoms. The number of carbonyl (C=O) groups excluding carboxylic acids is 1. The summed E-state index contributed by atoms with van der Waals surface area (Å²) in [6.45, 7) is 2.55. The van der Waals surface area contributed by atoms with Crippen LogP contribution >= 0.6 is 11.6 Å². The smallest absolute Gasteiger partial charge is 0.273 e. The van der Waals surface area contributed by atoms with Crippen molar-refractivity contribution < 1.29 is 14.3 Å². The van der Waals surface area contributed by atoms with E-state index in [4.69, 9.17) is 11.6 Å². The van der Waals surface area contributed by atoms with E-state index in [1.165, 1.54) is 23.0 Å². The van der Waals surface area contributed by atoms with Gasteiger partial charge in [-0.15, -0.1) is 5.10 Å². The third-order valence-electron chi connectivity index (χ3n) is 4.76. The number of likely N-dealkylation sites (tertiary alicyclic amines) is 1. The Labute approximate surface area is 162 Å². The van der Waals surface area contributed by atoms with Crippen LogP contribution < -0.4 is 5.32 Å². The second-order valence-electron chi connectivity index (χ2n) is 6.66. The SMILES string of the molecule is O=C(NCCN1CCCC[C@H]1CO)c1cn(Cc2ccc(F)cc2Cl)nn1. The molecule has 1 aliphatic heterocycles. The van der Waals surface area contributed by atoms with E-state index in [-0.39, 0.29) is 24.2 Å². The van der Waals surface area contributed by atoms with Gasteiger partial charge in [0.2, 0.25) is 0 Å². The van der Waals surface area contributed by atoms with E-state index in [0.29, 0.717) is 30.2 Å². The summed E-state index contributed by atoms with van der Waals surface area (Å²) in [5.74, 6) is -0.705. The number of hydrogen-bond acceptors (Lipinski definition) is 5. The van der Waals surface area contributed by atoms with Crippen molar-refractivity contribution >= 4 is 17.5 Å². The fraction of sp³-hybridized carbons (Fsp3) is 0.500. The topological polar surface area (TPSA) is 83.3 Å². The number of piperidine rings is 1. The zero-order valence-electron chi connectivity index (χ0n) is 14.9. The first kappa shape index (κ1) is 19.7. The molecule has 2 N–H and O–H groups in total. The molecule has 3 rings (SSSR count). The monoisotopic (exact) mass is 395 g/mol. The molecule has 1 aliphatic rings. The number of halogens is 2. The molecular weight excluding hydrogens is 373 g/mol. The highest BCUT2D eigenvalue weighted by molar-refractivity contribution is 6.31. The summed E-state index contributed by atoms with van der Waals surface area (Å²) in [7, 11) is 0. The van der Waals surface area contributed by atoms with Crippen molar-refractivity contribution in [2.24, 2.45) is 0 Å². The van der Waals surface area contributed by atoms with Crippen molar-refractivity contribution in [3.05, 3.63) is 46.5 Å². The Kier molecular flexibility index (Phi) is 6.76. The standard InChI is InChI=1S/C18H23ClFN5O2/c19-16-9-14(20)5-4-13(16)10-25-11-17(22-23-25)18(27)21-6-8-24-7-2-1-3-15(24)12-26/h4-5,9,11,15,26H,1-3,6-8,10,12H2,(H,21,27)/t15-/m0/s1. The van der Waals surface area contributed by atoms with Gasteiger partial charge in [0, 0.05) is 24.2 Å². The number of rotatable bonds is 7. The van der Waals surface area contributed by atoms with Gasteiger partial charge in [-0.3, -0.25) is 9.69 Å². The van der Waals surface area contributed by atoms with Crippen LogP contribution in [-0.4, -0.2) is 63.2 Å². The molecule has 7 nitrogen and oxygen atoms in total. The first-order chi connectivity index (χ1) is 13.1. The fourth-order valence-electron chi connectivity index (χ4n) is 3.27. The number of carbonyl (C=O) groups is 1. The van der Waals surface area contributed by atoms with E-state index in [0.717, 1.165) is 25.8 Å². The van der Waals surface area contributed by atoms with Crippen molar-refractivity contribution in [1.82, 2.24) is 25.2 Å². The molecule has 1 atom stereocenters. The summed E-state index contributed by atoms with van der Waals surface area (Å²) in [4.78, 5) is 14.4. The number of nitrogens with one attached hydrogen (secondary N) is 1. The molecular formula is C18H23ClFN5O2. The minimum absolute atomic E-state index is 0.147. The summed E-state index contributed by atoms with van der Waals surface area (Å²) in [5.41, 5.74) is 0.903. The second kappa shape index (κ2) is 9.25. The zero-order chi connectivity index (χ0) is 19.2. The molecule has 1 aromatic heterocycles. The maximum Gasteiger partial charge on any atom is 0.273 e. The van der Waals surface area contributed by atoms with Crippen LogP contribution in [0.1, 0.15) is 35.3 Å². The molecule has 146 valence electrons. The van der Waals surface area contributed by atoms with Crippen LogP contribution in [0, 0.1) is 5.82 Å². The largest absolute Gasteiger partial charge is 0.395 e. The maximum atomic E-state index is 13.1. The second-order valence-corrected chi connectivity index (χ2v) is 7.07. The normalized spacial score (nSPS) is 17.8.